The second-order valence-electron chi connectivity index (χ2n) is 4.49. The maximum Gasteiger partial charge on any atom is 0.122 e. The first kappa shape index (κ1) is 16.0. The maximum atomic E-state index is 6.27. The van der Waals surface area contributed by atoms with Crippen molar-refractivity contribution in [2.45, 2.75) is 10.9 Å². The minimum atomic E-state index is -0.129. The molecule has 0 aliphatic heterocycles. The van der Waals surface area contributed by atoms with Crippen LogP contribution < -0.4 is 15.2 Å². The van der Waals surface area contributed by atoms with Crippen molar-refractivity contribution in [2.75, 3.05) is 20.0 Å². The van der Waals surface area contributed by atoms with E-state index in [0.717, 1.165) is 32.7 Å². The van der Waals surface area contributed by atoms with Crippen LogP contribution in [0.1, 0.15) is 11.6 Å². The van der Waals surface area contributed by atoms with E-state index in [0.29, 0.717) is 0 Å². The summed E-state index contributed by atoms with van der Waals surface area (Å²) in [6.45, 7) is 0. The second-order valence-corrected chi connectivity index (χ2v) is 5.96. The highest BCUT2D eigenvalue weighted by molar-refractivity contribution is 7.99. The monoisotopic (exact) mass is 323 g/mol. The van der Waals surface area contributed by atoms with Gasteiger partial charge in [0.15, 0.2) is 0 Å². The lowest BCUT2D eigenvalue weighted by Gasteiger charge is -2.15. The summed E-state index contributed by atoms with van der Waals surface area (Å²) in [5.41, 5.74) is 7.24. The molecule has 0 radical (unpaired) electrons. The molecule has 0 spiro atoms. The molecule has 112 valence electrons. The number of hydrogen-bond donors (Lipinski definition) is 1. The first-order valence-corrected chi connectivity index (χ1v) is 7.86. The second kappa shape index (κ2) is 7.59. The number of methoxy groups -OCH3 is 2. The molecule has 0 heterocycles. The molecule has 0 aliphatic carbocycles. The van der Waals surface area contributed by atoms with Crippen LogP contribution in [0, 0.1) is 0 Å². The van der Waals surface area contributed by atoms with Gasteiger partial charge in [0.1, 0.15) is 11.5 Å². The van der Waals surface area contributed by atoms with Crippen LogP contribution in [0.4, 0.5) is 0 Å². The SMILES string of the molecule is COc1cc(OC)cc(C(N)CSc2ccccc2Cl)c1. The van der Waals surface area contributed by atoms with Gasteiger partial charge in [0.25, 0.3) is 0 Å². The summed E-state index contributed by atoms with van der Waals surface area (Å²) in [4.78, 5) is 1.03. The maximum absolute atomic E-state index is 6.27. The van der Waals surface area contributed by atoms with Crippen LogP contribution in [0.5, 0.6) is 11.5 Å². The minimum Gasteiger partial charge on any atom is -0.497 e. The van der Waals surface area contributed by atoms with E-state index in [1.54, 1.807) is 26.0 Å². The van der Waals surface area contributed by atoms with Crippen molar-refractivity contribution in [3.8, 4) is 11.5 Å². The van der Waals surface area contributed by atoms with Crippen molar-refractivity contribution in [3.05, 3.63) is 53.1 Å². The number of hydrogen-bond acceptors (Lipinski definition) is 4. The fraction of sp³-hybridized carbons (Fsp3) is 0.250. The standard InChI is InChI=1S/C16H18ClNO2S/c1-19-12-7-11(8-13(9-12)20-2)15(18)10-21-16-6-4-3-5-14(16)17/h3-9,15H,10,18H2,1-2H3. The van der Waals surface area contributed by atoms with E-state index in [-0.39, 0.29) is 6.04 Å². The summed E-state index contributed by atoms with van der Waals surface area (Å²) >= 11 is 7.79. The Hall–Kier alpha value is -1.36. The molecule has 0 aliphatic rings. The zero-order chi connectivity index (χ0) is 15.2. The number of ether oxygens (including phenoxy) is 2. The van der Waals surface area contributed by atoms with Gasteiger partial charge in [0.2, 0.25) is 0 Å². The van der Waals surface area contributed by atoms with Crippen LogP contribution in [0.2, 0.25) is 5.02 Å². The van der Waals surface area contributed by atoms with Crippen molar-refractivity contribution in [1.82, 2.24) is 0 Å². The van der Waals surface area contributed by atoms with Gasteiger partial charge in [0.05, 0.1) is 19.2 Å². The van der Waals surface area contributed by atoms with E-state index in [2.05, 4.69) is 0 Å². The van der Waals surface area contributed by atoms with Gasteiger partial charge in [-0.1, -0.05) is 23.7 Å². The predicted molar refractivity (Wildman–Crippen MR) is 88.7 cm³/mol. The van der Waals surface area contributed by atoms with Crippen molar-refractivity contribution >= 4 is 23.4 Å². The smallest absolute Gasteiger partial charge is 0.122 e. The lowest BCUT2D eigenvalue weighted by Crippen LogP contribution is -2.13. The van der Waals surface area contributed by atoms with Gasteiger partial charge in [-0.05, 0) is 29.8 Å². The van der Waals surface area contributed by atoms with E-state index in [4.69, 9.17) is 26.8 Å². The summed E-state index contributed by atoms with van der Waals surface area (Å²) in [7, 11) is 3.26. The Morgan fingerprint density at radius 1 is 1.10 bits per heavy atom. The van der Waals surface area contributed by atoms with Crippen LogP contribution in [0.15, 0.2) is 47.4 Å². The van der Waals surface area contributed by atoms with E-state index in [1.165, 1.54) is 0 Å². The van der Waals surface area contributed by atoms with Crippen molar-refractivity contribution in [2.24, 2.45) is 5.73 Å². The lowest BCUT2D eigenvalue weighted by atomic mass is 10.1. The number of nitrogens with two attached hydrogens (primary N) is 1. The molecule has 0 aromatic heterocycles. The Morgan fingerprint density at radius 2 is 1.71 bits per heavy atom. The summed E-state index contributed by atoms with van der Waals surface area (Å²) in [6, 6.07) is 13.3. The third kappa shape index (κ3) is 4.30. The quantitative estimate of drug-likeness (QED) is 0.811. The lowest BCUT2D eigenvalue weighted by molar-refractivity contribution is 0.393. The van der Waals surface area contributed by atoms with Gasteiger partial charge in [0, 0.05) is 22.8 Å². The number of rotatable bonds is 6. The molecule has 0 saturated heterocycles. The molecule has 21 heavy (non-hydrogen) atoms. The highest BCUT2D eigenvalue weighted by Crippen LogP contribution is 2.31. The summed E-state index contributed by atoms with van der Waals surface area (Å²) in [6.07, 6.45) is 0. The van der Waals surface area contributed by atoms with Crippen LogP contribution >= 0.6 is 23.4 Å². The first-order chi connectivity index (χ1) is 10.1. The van der Waals surface area contributed by atoms with E-state index < -0.39 is 0 Å². The topological polar surface area (TPSA) is 44.5 Å². The molecule has 5 heteroatoms. The molecule has 0 saturated carbocycles. The predicted octanol–water partition coefficient (Wildman–Crippen LogP) is 4.15. The normalized spacial score (nSPS) is 12.0. The summed E-state index contributed by atoms with van der Waals surface area (Å²) < 4.78 is 10.5. The fourth-order valence-electron chi connectivity index (χ4n) is 1.88. The van der Waals surface area contributed by atoms with E-state index >= 15 is 0 Å². The fourth-order valence-corrected chi connectivity index (χ4v) is 3.11. The Bertz CT molecular complexity index is 584. The Labute approximate surface area is 134 Å². The Morgan fingerprint density at radius 3 is 2.29 bits per heavy atom. The van der Waals surface area contributed by atoms with Gasteiger partial charge >= 0.3 is 0 Å². The molecule has 0 bridgehead atoms. The molecule has 1 unspecified atom stereocenters. The molecule has 2 rings (SSSR count). The third-order valence-electron chi connectivity index (χ3n) is 3.06. The van der Waals surface area contributed by atoms with Crippen molar-refractivity contribution < 1.29 is 9.47 Å². The molecule has 0 amide bonds. The number of benzene rings is 2. The summed E-state index contributed by atoms with van der Waals surface area (Å²) in [5, 5.41) is 0.748. The first-order valence-electron chi connectivity index (χ1n) is 6.50. The zero-order valence-electron chi connectivity index (χ0n) is 12.0. The average Bonchev–Trinajstić information content (AvgIpc) is 2.53. The van der Waals surface area contributed by atoms with Crippen molar-refractivity contribution in [3.63, 3.8) is 0 Å². The van der Waals surface area contributed by atoms with Crippen LogP contribution in [0.25, 0.3) is 0 Å². The van der Waals surface area contributed by atoms with Crippen LogP contribution in [0.3, 0.4) is 0 Å². The molecule has 2 N–H and O–H groups in total. The van der Waals surface area contributed by atoms with Gasteiger partial charge in [-0.15, -0.1) is 11.8 Å². The molecule has 2 aromatic carbocycles. The molecule has 2 aromatic rings. The van der Waals surface area contributed by atoms with Crippen LogP contribution in [-0.4, -0.2) is 20.0 Å². The molecule has 0 fully saturated rings. The van der Waals surface area contributed by atoms with E-state index in [1.807, 2.05) is 42.5 Å². The number of thioether (sulfide) groups is 1. The van der Waals surface area contributed by atoms with Gasteiger partial charge in [-0.3, -0.25) is 0 Å². The van der Waals surface area contributed by atoms with Gasteiger partial charge < -0.3 is 15.2 Å². The van der Waals surface area contributed by atoms with Crippen molar-refractivity contribution in [1.29, 1.82) is 0 Å². The highest BCUT2D eigenvalue weighted by atomic mass is 35.5. The van der Waals surface area contributed by atoms with Gasteiger partial charge in [-0.25, -0.2) is 0 Å². The average molecular weight is 324 g/mol. The Balaban J connectivity index is 2.09. The molecule has 3 nitrogen and oxygen atoms in total. The largest absolute Gasteiger partial charge is 0.497 e. The molecular weight excluding hydrogens is 306 g/mol. The zero-order valence-corrected chi connectivity index (χ0v) is 13.6. The minimum absolute atomic E-state index is 0.129. The third-order valence-corrected chi connectivity index (χ3v) is 4.69. The molecular formula is C16H18ClNO2S. The summed E-state index contributed by atoms with van der Waals surface area (Å²) in [5.74, 6) is 2.20. The number of halogens is 1. The Kier molecular flexibility index (Phi) is 5.79. The van der Waals surface area contributed by atoms with E-state index in [9.17, 15) is 0 Å². The van der Waals surface area contributed by atoms with Crippen LogP contribution in [-0.2, 0) is 0 Å². The molecule has 1 atom stereocenters. The highest BCUT2D eigenvalue weighted by Gasteiger charge is 2.11. The van der Waals surface area contributed by atoms with Gasteiger partial charge in [-0.2, -0.15) is 0 Å².